The second kappa shape index (κ2) is 6.59. The van der Waals surface area contributed by atoms with Crippen molar-refractivity contribution in [3.05, 3.63) is 47.3 Å². The van der Waals surface area contributed by atoms with Crippen LogP contribution in [0.5, 0.6) is 0 Å². The van der Waals surface area contributed by atoms with Crippen molar-refractivity contribution in [3.63, 3.8) is 0 Å². The molecule has 1 aromatic carbocycles. The average Bonchev–Trinajstić information content (AvgIpc) is 2.24. The van der Waals surface area contributed by atoms with Crippen molar-refractivity contribution in [2.24, 2.45) is 0 Å². The molecule has 0 fully saturated rings. The molecule has 0 aliphatic rings. The summed E-state index contributed by atoms with van der Waals surface area (Å²) in [6, 6.07) is 0.958. The molecule has 0 radical (unpaired) electrons. The van der Waals surface area contributed by atoms with E-state index in [1.165, 1.54) is 0 Å². The molecule has 1 aromatic rings. The topological polar surface area (TPSA) is 12.0 Å². The lowest BCUT2D eigenvalue weighted by Crippen LogP contribution is -2.23. The predicted molar refractivity (Wildman–Crippen MR) is 66.8 cm³/mol. The lowest BCUT2D eigenvalue weighted by atomic mass is 9.98. The Morgan fingerprint density at radius 1 is 1.28 bits per heavy atom. The Bertz CT molecular complexity index is 406. The maximum atomic E-state index is 13.7. The zero-order valence-electron chi connectivity index (χ0n) is 10.7. The molecule has 0 spiro atoms. The van der Waals surface area contributed by atoms with Gasteiger partial charge in [0.15, 0.2) is 0 Å². The third kappa shape index (κ3) is 3.88. The molecule has 18 heavy (non-hydrogen) atoms. The van der Waals surface area contributed by atoms with Gasteiger partial charge in [0.25, 0.3) is 0 Å². The van der Waals surface area contributed by atoms with E-state index in [9.17, 15) is 13.2 Å². The van der Waals surface area contributed by atoms with Gasteiger partial charge in [-0.05, 0) is 26.3 Å². The van der Waals surface area contributed by atoms with Crippen LogP contribution in [0.25, 0.3) is 0 Å². The van der Waals surface area contributed by atoms with E-state index in [-0.39, 0.29) is 5.56 Å². The van der Waals surface area contributed by atoms with E-state index in [4.69, 9.17) is 0 Å². The van der Waals surface area contributed by atoms with Crippen molar-refractivity contribution in [1.29, 1.82) is 0 Å². The lowest BCUT2D eigenvalue weighted by Gasteiger charge is -2.19. The van der Waals surface area contributed by atoms with Crippen LogP contribution < -0.4 is 5.32 Å². The third-order valence-electron chi connectivity index (χ3n) is 2.70. The average molecular weight is 257 g/mol. The molecule has 0 bridgehead atoms. The Morgan fingerprint density at radius 2 is 1.83 bits per heavy atom. The second-order valence-corrected chi connectivity index (χ2v) is 4.39. The number of rotatable bonds is 6. The number of hydrogen-bond acceptors (Lipinski definition) is 1. The summed E-state index contributed by atoms with van der Waals surface area (Å²) in [5.41, 5.74) is 0.848. The predicted octanol–water partition coefficient (Wildman–Crippen LogP) is 4.11. The summed E-state index contributed by atoms with van der Waals surface area (Å²) in [4.78, 5) is 0. The Kier molecular flexibility index (Phi) is 5.41. The third-order valence-corrected chi connectivity index (χ3v) is 2.70. The van der Waals surface area contributed by atoms with Gasteiger partial charge in [-0.25, -0.2) is 13.2 Å². The molecular formula is C14H18F3N. The highest BCUT2D eigenvalue weighted by molar-refractivity contribution is 5.24. The minimum absolute atomic E-state index is 0.0977. The summed E-state index contributed by atoms with van der Waals surface area (Å²) in [7, 11) is 0. The van der Waals surface area contributed by atoms with E-state index in [0.717, 1.165) is 5.57 Å². The molecule has 0 aliphatic heterocycles. The van der Waals surface area contributed by atoms with Crippen LogP contribution in [0, 0.1) is 17.5 Å². The monoisotopic (exact) mass is 257 g/mol. The highest BCUT2D eigenvalue weighted by Crippen LogP contribution is 2.26. The zero-order chi connectivity index (χ0) is 13.7. The van der Waals surface area contributed by atoms with E-state index in [0.29, 0.717) is 31.5 Å². The molecule has 0 aromatic heterocycles. The molecule has 1 rings (SSSR count). The first-order valence-electron chi connectivity index (χ1n) is 5.98. The summed E-state index contributed by atoms with van der Waals surface area (Å²) in [5.74, 6) is -2.59. The van der Waals surface area contributed by atoms with Crippen molar-refractivity contribution >= 4 is 0 Å². The fourth-order valence-corrected chi connectivity index (χ4v) is 1.87. The van der Waals surface area contributed by atoms with Crippen molar-refractivity contribution in [1.82, 2.24) is 5.32 Å². The van der Waals surface area contributed by atoms with Crippen LogP contribution in [0.2, 0.25) is 0 Å². The minimum atomic E-state index is -0.899. The summed E-state index contributed by atoms with van der Waals surface area (Å²) >= 11 is 0. The van der Waals surface area contributed by atoms with Crippen molar-refractivity contribution in [3.8, 4) is 0 Å². The maximum absolute atomic E-state index is 13.7. The number of halogens is 3. The van der Waals surface area contributed by atoms with Crippen LogP contribution >= 0.6 is 0 Å². The van der Waals surface area contributed by atoms with Crippen LogP contribution in [0.15, 0.2) is 24.3 Å². The molecule has 0 aliphatic carbocycles. The Labute approximate surface area is 106 Å². The second-order valence-electron chi connectivity index (χ2n) is 4.39. The highest BCUT2D eigenvalue weighted by atomic mass is 19.1. The Hall–Kier alpha value is -1.29. The van der Waals surface area contributed by atoms with Crippen LogP contribution in [0.4, 0.5) is 13.2 Å². The zero-order valence-corrected chi connectivity index (χ0v) is 10.7. The van der Waals surface area contributed by atoms with E-state index in [2.05, 4.69) is 11.9 Å². The maximum Gasteiger partial charge on any atom is 0.133 e. The summed E-state index contributed by atoms with van der Waals surface area (Å²) in [5, 5.41) is 3.01. The van der Waals surface area contributed by atoms with Crippen LogP contribution in [0.3, 0.4) is 0 Å². The molecule has 1 atom stereocenters. The van der Waals surface area contributed by atoms with Gasteiger partial charge in [0.1, 0.15) is 17.5 Å². The van der Waals surface area contributed by atoms with E-state index >= 15 is 0 Å². The minimum Gasteiger partial charge on any atom is -0.310 e. The highest BCUT2D eigenvalue weighted by Gasteiger charge is 2.20. The van der Waals surface area contributed by atoms with Gasteiger partial charge >= 0.3 is 0 Å². The van der Waals surface area contributed by atoms with Gasteiger partial charge < -0.3 is 5.32 Å². The lowest BCUT2D eigenvalue weighted by molar-refractivity contribution is 0.446. The Morgan fingerprint density at radius 3 is 2.28 bits per heavy atom. The number of allylic oxidation sites excluding steroid dienone is 1. The van der Waals surface area contributed by atoms with Gasteiger partial charge in [-0.15, -0.1) is 6.58 Å². The first kappa shape index (κ1) is 14.8. The molecule has 1 N–H and O–H groups in total. The van der Waals surface area contributed by atoms with Gasteiger partial charge in [-0.2, -0.15) is 0 Å². The number of benzene rings is 1. The summed E-state index contributed by atoms with van der Waals surface area (Å²) < 4.78 is 40.2. The molecule has 0 heterocycles. The Balaban J connectivity index is 3.01. The first-order valence-corrected chi connectivity index (χ1v) is 5.98. The van der Waals surface area contributed by atoms with Gasteiger partial charge in [0.2, 0.25) is 0 Å². The van der Waals surface area contributed by atoms with Crippen LogP contribution in [0.1, 0.15) is 38.3 Å². The normalized spacial score (nSPS) is 12.5. The molecule has 100 valence electrons. The fraction of sp³-hybridized carbons (Fsp3) is 0.429. The van der Waals surface area contributed by atoms with Gasteiger partial charge in [-0.1, -0.05) is 12.5 Å². The molecular weight excluding hydrogens is 239 g/mol. The standard InChI is InChI=1S/C14H18F3N/c1-4-18-13(6-5-9(2)3)14-11(16)7-10(15)8-12(14)17/h7-8,13,18H,2,4-6H2,1,3H3. The summed E-state index contributed by atoms with van der Waals surface area (Å²) in [6.45, 7) is 8.06. The summed E-state index contributed by atoms with van der Waals surface area (Å²) in [6.07, 6.45) is 1.19. The molecule has 1 unspecified atom stereocenters. The SMILES string of the molecule is C=C(C)CCC(NCC)c1c(F)cc(F)cc1F. The van der Waals surface area contributed by atoms with Gasteiger partial charge in [0.05, 0.1) is 0 Å². The quantitative estimate of drug-likeness (QED) is 0.756. The number of hydrogen-bond donors (Lipinski definition) is 1. The number of nitrogens with one attached hydrogen (secondary N) is 1. The van der Waals surface area contributed by atoms with E-state index in [1.807, 2.05) is 13.8 Å². The van der Waals surface area contributed by atoms with E-state index < -0.39 is 23.5 Å². The van der Waals surface area contributed by atoms with Gasteiger partial charge in [0, 0.05) is 23.7 Å². The molecule has 0 saturated carbocycles. The van der Waals surface area contributed by atoms with Crippen LogP contribution in [-0.2, 0) is 0 Å². The molecule has 0 saturated heterocycles. The largest absolute Gasteiger partial charge is 0.310 e. The van der Waals surface area contributed by atoms with Gasteiger partial charge in [-0.3, -0.25) is 0 Å². The van der Waals surface area contributed by atoms with Crippen molar-refractivity contribution in [2.75, 3.05) is 6.54 Å². The molecule has 0 amide bonds. The smallest absolute Gasteiger partial charge is 0.133 e. The molecule has 4 heteroatoms. The van der Waals surface area contributed by atoms with Crippen LogP contribution in [-0.4, -0.2) is 6.54 Å². The van der Waals surface area contributed by atoms with Crippen molar-refractivity contribution < 1.29 is 13.2 Å². The molecule has 1 nitrogen and oxygen atoms in total. The van der Waals surface area contributed by atoms with Crippen molar-refractivity contribution in [2.45, 2.75) is 32.7 Å². The first-order chi connectivity index (χ1) is 8.45. The fourth-order valence-electron chi connectivity index (χ4n) is 1.87. The van der Waals surface area contributed by atoms with E-state index in [1.54, 1.807) is 0 Å².